The third-order valence-electron chi connectivity index (χ3n) is 3.97. The summed E-state index contributed by atoms with van der Waals surface area (Å²) in [5, 5.41) is 9.05. The highest BCUT2D eigenvalue weighted by Gasteiger charge is 2.25. The number of hydrogen-bond acceptors (Lipinski definition) is 3. The standard InChI is InChI=1S/C17H17FN4OS/c1-11-7-15(4-3-13(11)8-19)22-9-12(2)24-17(22)20-16(23)21-6-5-14(18)10-21/h3-4,7,9,14H,5-6,10H2,1-2H3/t14-/m1/s1. The zero-order chi connectivity index (χ0) is 17.3. The average molecular weight is 344 g/mol. The monoisotopic (exact) mass is 344 g/mol. The van der Waals surface area contributed by atoms with Crippen LogP contribution in [0.5, 0.6) is 0 Å². The average Bonchev–Trinajstić information content (AvgIpc) is 3.13. The van der Waals surface area contributed by atoms with Gasteiger partial charge in [0.05, 0.1) is 18.2 Å². The van der Waals surface area contributed by atoms with Crippen molar-refractivity contribution in [3.63, 3.8) is 0 Å². The molecule has 0 saturated carbocycles. The first-order chi connectivity index (χ1) is 11.5. The van der Waals surface area contributed by atoms with E-state index in [1.54, 1.807) is 6.07 Å². The Hall–Kier alpha value is -2.46. The second-order valence-electron chi connectivity index (χ2n) is 5.83. The van der Waals surface area contributed by atoms with E-state index in [2.05, 4.69) is 11.1 Å². The smallest absolute Gasteiger partial charge is 0.320 e. The summed E-state index contributed by atoms with van der Waals surface area (Å²) in [5.41, 5.74) is 2.32. The molecule has 1 aromatic heterocycles. The molecule has 1 aliphatic rings. The molecule has 1 aliphatic heterocycles. The first-order valence-corrected chi connectivity index (χ1v) is 8.47. The molecule has 1 fully saturated rings. The van der Waals surface area contributed by atoms with E-state index in [4.69, 9.17) is 5.26 Å². The van der Waals surface area contributed by atoms with Gasteiger partial charge in [-0.1, -0.05) is 0 Å². The van der Waals surface area contributed by atoms with Crippen LogP contribution in [0.3, 0.4) is 0 Å². The predicted molar refractivity (Wildman–Crippen MR) is 89.9 cm³/mol. The van der Waals surface area contributed by atoms with Gasteiger partial charge in [-0.05, 0) is 44.0 Å². The van der Waals surface area contributed by atoms with Gasteiger partial charge in [-0.3, -0.25) is 4.57 Å². The quantitative estimate of drug-likeness (QED) is 0.798. The maximum Gasteiger partial charge on any atom is 0.346 e. The lowest BCUT2D eigenvalue weighted by atomic mass is 10.1. The van der Waals surface area contributed by atoms with Crippen LogP contribution in [0.1, 0.15) is 22.4 Å². The minimum Gasteiger partial charge on any atom is -0.320 e. The van der Waals surface area contributed by atoms with Crippen LogP contribution in [0.2, 0.25) is 0 Å². The number of carbonyl (C=O) groups excluding carboxylic acids is 1. The Morgan fingerprint density at radius 2 is 2.25 bits per heavy atom. The lowest BCUT2D eigenvalue weighted by molar-refractivity contribution is 0.213. The van der Waals surface area contributed by atoms with E-state index in [9.17, 15) is 9.18 Å². The number of nitriles is 1. The Kier molecular flexibility index (Phi) is 4.49. The molecule has 2 aromatic rings. The molecule has 3 rings (SSSR count). The summed E-state index contributed by atoms with van der Waals surface area (Å²) in [5.74, 6) is 0. The van der Waals surface area contributed by atoms with Gasteiger partial charge in [0, 0.05) is 23.3 Å². The summed E-state index contributed by atoms with van der Waals surface area (Å²) in [6.45, 7) is 4.33. The molecule has 0 N–H and O–H groups in total. The van der Waals surface area contributed by atoms with Crippen molar-refractivity contribution < 1.29 is 9.18 Å². The SMILES string of the molecule is Cc1cn(-c2ccc(C#N)c(C)c2)c(=NC(=O)N2CC[C@@H](F)C2)s1. The number of nitrogens with zero attached hydrogens (tertiary/aromatic N) is 4. The van der Waals surface area contributed by atoms with Crippen LogP contribution < -0.4 is 4.80 Å². The summed E-state index contributed by atoms with van der Waals surface area (Å²) in [6, 6.07) is 7.21. The van der Waals surface area contributed by atoms with E-state index >= 15 is 0 Å². The Morgan fingerprint density at radius 1 is 1.46 bits per heavy atom. The van der Waals surface area contributed by atoms with Gasteiger partial charge in [0.15, 0.2) is 4.80 Å². The van der Waals surface area contributed by atoms with E-state index in [1.807, 2.05) is 36.7 Å². The zero-order valence-corrected chi connectivity index (χ0v) is 14.3. The molecule has 1 atom stereocenters. The van der Waals surface area contributed by atoms with Crippen molar-refractivity contribution in [1.82, 2.24) is 9.47 Å². The van der Waals surface area contributed by atoms with Crippen molar-refractivity contribution in [3.05, 3.63) is 45.2 Å². The summed E-state index contributed by atoms with van der Waals surface area (Å²) in [6.07, 6.45) is 1.32. The van der Waals surface area contributed by atoms with Crippen molar-refractivity contribution >= 4 is 17.4 Å². The Bertz CT molecular complexity index is 893. The fourth-order valence-corrected chi connectivity index (χ4v) is 3.51. The molecule has 124 valence electrons. The number of aryl methyl sites for hydroxylation is 2. The van der Waals surface area contributed by atoms with E-state index in [0.717, 1.165) is 16.1 Å². The normalized spacial score (nSPS) is 18.0. The summed E-state index contributed by atoms with van der Waals surface area (Å²) in [4.78, 5) is 19.4. The largest absolute Gasteiger partial charge is 0.346 e. The van der Waals surface area contributed by atoms with Crippen molar-refractivity contribution in [2.45, 2.75) is 26.4 Å². The summed E-state index contributed by atoms with van der Waals surface area (Å²) < 4.78 is 15.1. The minimum atomic E-state index is -0.956. The highest BCUT2D eigenvalue weighted by Crippen LogP contribution is 2.16. The molecular weight excluding hydrogens is 327 g/mol. The van der Waals surface area contributed by atoms with Crippen LogP contribution in [0.25, 0.3) is 5.69 Å². The number of alkyl halides is 1. The molecule has 0 unspecified atom stereocenters. The van der Waals surface area contributed by atoms with Crippen LogP contribution in [-0.4, -0.2) is 34.8 Å². The number of likely N-dealkylation sites (tertiary alicyclic amines) is 1. The second-order valence-corrected chi connectivity index (χ2v) is 7.04. The number of benzene rings is 1. The van der Waals surface area contributed by atoms with Gasteiger partial charge in [-0.2, -0.15) is 10.3 Å². The number of hydrogen-bond donors (Lipinski definition) is 0. The molecule has 7 heteroatoms. The molecule has 1 aromatic carbocycles. The Morgan fingerprint density at radius 3 is 2.88 bits per heavy atom. The van der Waals surface area contributed by atoms with Gasteiger partial charge in [-0.15, -0.1) is 11.3 Å². The first kappa shape index (κ1) is 16.4. The molecule has 24 heavy (non-hydrogen) atoms. The third-order valence-corrected chi connectivity index (χ3v) is 4.87. The Labute approximate surface area is 143 Å². The van der Waals surface area contributed by atoms with E-state index < -0.39 is 12.2 Å². The Balaban J connectivity index is 1.99. The van der Waals surface area contributed by atoms with Gasteiger partial charge in [0.2, 0.25) is 0 Å². The number of carbonyl (C=O) groups is 1. The molecule has 0 radical (unpaired) electrons. The third kappa shape index (κ3) is 3.24. The molecule has 2 heterocycles. The number of amides is 2. The molecule has 5 nitrogen and oxygen atoms in total. The van der Waals surface area contributed by atoms with Crippen LogP contribution in [0.4, 0.5) is 9.18 Å². The molecule has 1 saturated heterocycles. The van der Waals surface area contributed by atoms with E-state index in [1.165, 1.54) is 16.2 Å². The number of urea groups is 1. The fraction of sp³-hybridized carbons (Fsp3) is 0.353. The molecule has 0 spiro atoms. The topological polar surface area (TPSA) is 61.4 Å². The van der Waals surface area contributed by atoms with E-state index in [-0.39, 0.29) is 6.54 Å². The second kappa shape index (κ2) is 6.57. The van der Waals surface area contributed by atoms with Crippen molar-refractivity contribution in [3.8, 4) is 11.8 Å². The van der Waals surface area contributed by atoms with Crippen LogP contribution in [0, 0.1) is 25.2 Å². The van der Waals surface area contributed by atoms with Crippen LogP contribution in [0.15, 0.2) is 29.4 Å². The summed E-state index contributed by atoms with van der Waals surface area (Å²) in [7, 11) is 0. The number of thiazole rings is 1. The number of aromatic nitrogens is 1. The fourth-order valence-electron chi connectivity index (χ4n) is 2.69. The minimum absolute atomic E-state index is 0.114. The number of halogens is 1. The lowest BCUT2D eigenvalue weighted by Gasteiger charge is -2.11. The number of rotatable bonds is 1. The molecule has 0 bridgehead atoms. The van der Waals surface area contributed by atoms with Gasteiger partial charge >= 0.3 is 6.03 Å². The molecule has 2 amide bonds. The van der Waals surface area contributed by atoms with Crippen molar-refractivity contribution in [1.29, 1.82) is 5.26 Å². The van der Waals surface area contributed by atoms with Crippen molar-refractivity contribution in [2.75, 3.05) is 13.1 Å². The van der Waals surface area contributed by atoms with Crippen molar-refractivity contribution in [2.24, 2.45) is 4.99 Å². The maximum absolute atomic E-state index is 13.3. The van der Waals surface area contributed by atoms with E-state index in [0.29, 0.717) is 23.3 Å². The summed E-state index contributed by atoms with van der Waals surface area (Å²) >= 11 is 1.40. The highest BCUT2D eigenvalue weighted by molar-refractivity contribution is 7.09. The molecule has 0 aliphatic carbocycles. The van der Waals surface area contributed by atoms with Gasteiger partial charge in [-0.25, -0.2) is 9.18 Å². The highest BCUT2D eigenvalue weighted by atomic mass is 32.1. The van der Waals surface area contributed by atoms with Gasteiger partial charge in [0.25, 0.3) is 0 Å². The van der Waals surface area contributed by atoms with Crippen LogP contribution in [-0.2, 0) is 0 Å². The predicted octanol–water partition coefficient (Wildman–Crippen LogP) is 3.09. The van der Waals surface area contributed by atoms with Gasteiger partial charge < -0.3 is 4.90 Å². The zero-order valence-electron chi connectivity index (χ0n) is 13.5. The maximum atomic E-state index is 13.3. The lowest BCUT2D eigenvalue weighted by Crippen LogP contribution is -2.28. The molecular formula is C17H17FN4OS. The van der Waals surface area contributed by atoms with Gasteiger partial charge in [0.1, 0.15) is 6.17 Å². The first-order valence-electron chi connectivity index (χ1n) is 7.66. The van der Waals surface area contributed by atoms with Crippen LogP contribution >= 0.6 is 11.3 Å².